The van der Waals surface area contributed by atoms with E-state index in [-0.39, 0.29) is 0 Å². The van der Waals surface area contributed by atoms with E-state index >= 15 is 0 Å². The molecule has 0 spiro atoms. The minimum atomic E-state index is 0.799. The molecule has 2 aromatic carbocycles. The molecule has 0 atom stereocenters. The minimum Gasteiger partial charge on any atom is -0.372 e. The van der Waals surface area contributed by atoms with Crippen LogP contribution in [0.4, 0.5) is 5.69 Å². The van der Waals surface area contributed by atoms with E-state index in [9.17, 15) is 0 Å². The third-order valence-electron chi connectivity index (χ3n) is 4.01. The standard InChI is InChI=1S/C18H21ClN2/c19-18-6-2-1-5-16(18)14-20-13-15-7-9-17(10-8-15)21-11-3-4-12-21/h1-2,5-10,20H,3-4,11-14H2. The first-order valence-electron chi connectivity index (χ1n) is 7.61. The molecule has 1 N–H and O–H groups in total. The zero-order chi connectivity index (χ0) is 14.5. The predicted octanol–water partition coefficient (Wildman–Crippen LogP) is 4.23. The van der Waals surface area contributed by atoms with Crippen molar-refractivity contribution in [2.24, 2.45) is 0 Å². The maximum Gasteiger partial charge on any atom is 0.0450 e. The Balaban J connectivity index is 1.52. The molecule has 0 bridgehead atoms. The van der Waals surface area contributed by atoms with Crippen LogP contribution in [0.5, 0.6) is 0 Å². The third kappa shape index (κ3) is 3.78. The highest BCUT2D eigenvalue weighted by molar-refractivity contribution is 6.31. The highest BCUT2D eigenvalue weighted by Crippen LogP contribution is 2.20. The summed E-state index contributed by atoms with van der Waals surface area (Å²) in [6.45, 7) is 4.06. The first-order chi connectivity index (χ1) is 10.3. The van der Waals surface area contributed by atoms with E-state index in [1.54, 1.807) is 0 Å². The van der Waals surface area contributed by atoms with Crippen molar-refractivity contribution in [3.05, 3.63) is 64.7 Å². The lowest BCUT2D eigenvalue weighted by Crippen LogP contribution is -2.17. The van der Waals surface area contributed by atoms with Gasteiger partial charge < -0.3 is 10.2 Å². The van der Waals surface area contributed by atoms with Crippen LogP contribution in [-0.2, 0) is 13.1 Å². The number of nitrogens with zero attached hydrogens (tertiary/aromatic N) is 1. The molecule has 21 heavy (non-hydrogen) atoms. The molecule has 1 fully saturated rings. The van der Waals surface area contributed by atoms with Crippen LogP contribution in [0.25, 0.3) is 0 Å². The summed E-state index contributed by atoms with van der Waals surface area (Å²) in [6, 6.07) is 16.9. The zero-order valence-corrected chi connectivity index (χ0v) is 12.9. The van der Waals surface area contributed by atoms with Crippen LogP contribution < -0.4 is 10.2 Å². The predicted molar refractivity (Wildman–Crippen MR) is 89.9 cm³/mol. The number of nitrogens with one attached hydrogen (secondary N) is 1. The molecular weight excluding hydrogens is 280 g/mol. The van der Waals surface area contributed by atoms with Crippen LogP contribution in [0.3, 0.4) is 0 Å². The van der Waals surface area contributed by atoms with Crippen molar-refractivity contribution >= 4 is 17.3 Å². The number of hydrogen-bond acceptors (Lipinski definition) is 2. The van der Waals surface area contributed by atoms with Crippen LogP contribution in [-0.4, -0.2) is 13.1 Å². The van der Waals surface area contributed by atoms with Crippen molar-refractivity contribution in [2.75, 3.05) is 18.0 Å². The molecule has 3 heteroatoms. The van der Waals surface area contributed by atoms with Crippen molar-refractivity contribution in [1.29, 1.82) is 0 Å². The molecule has 2 aromatic rings. The van der Waals surface area contributed by atoms with E-state index < -0.39 is 0 Å². The van der Waals surface area contributed by atoms with E-state index in [2.05, 4.69) is 40.5 Å². The maximum atomic E-state index is 6.15. The van der Waals surface area contributed by atoms with Gasteiger partial charge in [0, 0.05) is 36.9 Å². The topological polar surface area (TPSA) is 15.3 Å². The Morgan fingerprint density at radius 3 is 2.33 bits per heavy atom. The van der Waals surface area contributed by atoms with Gasteiger partial charge in [0.1, 0.15) is 0 Å². The smallest absolute Gasteiger partial charge is 0.0450 e. The highest BCUT2D eigenvalue weighted by atomic mass is 35.5. The molecule has 0 unspecified atom stereocenters. The maximum absolute atomic E-state index is 6.15. The Morgan fingerprint density at radius 1 is 0.905 bits per heavy atom. The van der Waals surface area contributed by atoms with E-state index in [1.807, 2.05) is 18.2 Å². The van der Waals surface area contributed by atoms with Gasteiger partial charge in [-0.25, -0.2) is 0 Å². The highest BCUT2D eigenvalue weighted by Gasteiger charge is 2.11. The largest absolute Gasteiger partial charge is 0.372 e. The second kappa shape index (κ2) is 6.97. The van der Waals surface area contributed by atoms with Gasteiger partial charge in [0.05, 0.1) is 0 Å². The molecule has 1 heterocycles. The fraction of sp³-hybridized carbons (Fsp3) is 0.333. The van der Waals surface area contributed by atoms with Crippen LogP contribution in [0.1, 0.15) is 24.0 Å². The van der Waals surface area contributed by atoms with Crippen LogP contribution in [0, 0.1) is 0 Å². The summed E-state index contributed by atoms with van der Waals surface area (Å²) < 4.78 is 0. The van der Waals surface area contributed by atoms with Crippen molar-refractivity contribution in [3.63, 3.8) is 0 Å². The van der Waals surface area contributed by atoms with Gasteiger partial charge in [-0.1, -0.05) is 41.9 Å². The van der Waals surface area contributed by atoms with Crippen LogP contribution in [0.2, 0.25) is 5.02 Å². The first-order valence-corrected chi connectivity index (χ1v) is 7.99. The van der Waals surface area contributed by atoms with Gasteiger partial charge in [0.25, 0.3) is 0 Å². The number of rotatable bonds is 5. The summed E-state index contributed by atoms with van der Waals surface area (Å²) in [5, 5.41) is 4.28. The lowest BCUT2D eigenvalue weighted by Gasteiger charge is -2.17. The second-order valence-corrected chi connectivity index (χ2v) is 5.96. The molecule has 0 aliphatic carbocycles. The Hall–Kier alpha value is -1.51. The van der Waals surface area contributed by atoms with Crippen molar-refractivity contribution < 1.29 is 0 Å². The molecule has 0 radical (unpaired) electrons. The summed E-state index contributed by atoms with van der Waals surface area (Å²) in [6.07, 6.45) is 2.64. The Morgan fingerprint density at radius 2 is 1.62 bits per heavy atom. The summed E-state index contributed by atoms with van der Waals surface area (Å²) in [4.78, 5) is 2.46. The fourth-order valence-corrected chi connectivity index (χ4v) is 2.99. The van der Waals surface area contributed by atoms with Gasteiger partial charge in [0.15, 0.2) is 0 Å². The molecule has 2 nitrogen and oxygen atoms in total. The third-order valence-corrected chi connectivity index (χ3v) is 4.38. The Kier molecular flexibility index (Phi) is 4.79. The van der Waals surface area contributed by atoms with E-state index in [4.69, 9.17) is 11.6 Å². The fourth-order valence-electron chi connectivity index (χ4n) is 2.78. The van der Waals surface area contributed by atoms with Crippen molar-refractivity contribution in [3.8, 4) is 0 Å². The van der Waals surface area contributed by atoms with Crippen LogP contribution >= 0.6 is 11.6 Å². The van der Waals surface area contributed by atoms with E-state index in [0.29, 0.717) is 0 Å². The van der Waals surface area contributed by atoms with Gasteiger partial charge in [-0.15, -0.1) is 0 Å². The Labute approximate surface area is 131 Å². The van der Waals surface area contributed by atoms with Crippen molar-refractivity contribution in [1.82, 2.24) is 5.32 Å². The molecule has 0 aromatic heterocycles. The SMILES string of the molecule is Clc1ccccc1CNCc1ccc(N2CCCC2)cc1. The summed E-state index contributed by atoms with van der Waals surface area (Å²) in [7, 11) is 0. The molecule has 110 valence electrons. The number of hydrogen-bond donors (Lipinski definition) is 1. The first kappa shape index (κ1) is 14.4. The van der Waals surface area contributed by atoms with E-state index in [1.165, 1.54) is 37.2 Å². The molecule has 0 amide bonds. The normalized spacial score (nSPS) is 14.6. The monoisotopic (exact) mass is 300 g/mol. The molecule has 0 saturated carbocycles. The van der Waals surface area contributed by atoms with Gasteiger partial charge in [-0.2, -0.15) is 0 Å². The summed E-state index contributed by atoms with van der Waals surface area (Å²) >= 11 is 6.15. The molecule has 1 saturated heterocycles. The number of benzene rings is 2. The second-order valence-electron chi connectivity index (χ2n) is 5.56. The molecule has 1 aliphatic heterocycles. The quantitative estimate of drug-likeness (QED) is 0.889. The molecule has 1 aliphatic rings. The number of anilines is 1. The van der Waals surface area contributed by atoms with Crippen LogP contribution in [0.15, 0.2) is 48.5 Å². The van der Waals surface area contributed by atoms with Gasteiger partial charge in [0.2, 0.25) is 0 Å². The number of halogens is 1. The van der Waals surface area contributed by atoms with Gasteiger partial charge in [-0.3, -0.25) is 0 Å². The minimum absolute atomic E-state index is 0.799. The molecular formula is C18H21ClN2. The Bertz CT molecular complexity index is 574. The van der Waals surface area contributed by atoms with Crippen molar-refractivity contribution in [2.45, 2.75) is 25.9 Å². The zero-order valence-electron chi connectivity index (χ0n) is 12.2. The average Bonchev–Trinajstić information content (AvgIpc) is 3.04. The molecule has 3 rings (SSSR count). The average molecular weight is 301 g/mol. The van der Waals surface area contributed by atoms with Gasteiger partial charge in [-0.05, 0) is 42.2 Å². The van der Waals surface area contributed by atoms with Gasteiger partial charge >= 0.3 is 0 Å². The lowest BCUT2D eigenvalue weighted by atomic mass is 10.2. The summed E-state index contributed by atoms with van der Waals surface area (Å²) in [5.41, 5.74) is 3.81. The summed E-state index contributed by atoms with van der Waals surface area (Å²) in [5.74, 6) is 0. The van der Waals surface area contributed by atoms with E-state index in [0.717, 1.165) is 23.7 Å². The lowest BCUT2D eigenvalue weighted by molar-refractivity contribution is 0.693.